The topological polar surface area (TPSA) is 17.8 Å². The first-order valence-corrected chi connectivity index (χ1v) is 7.72. The monoisotopic (exact) mass is 340 g/mol. The second kappa shape index (κ2) is 5.49. The highest BCUT2D eigenvalue weighted by atomic mass is 79.9. The van der Waals surface area contributed by atoms with E-state index < -0.39 is 0 Å². The molecule has 0 spiro atoms. The normalized spacial score (nSPS) is 10.9. The van der Waals surface area contributed by atoms with Gasteiger partial charge in [-0.2, -0.15) is 5.10 Å². The fourth-order valence-electron chi connectivity index (χ4n) is 2.42. The van der Waals surface area contributed by atoms with Crippen LogP contribution in [0.1, 0.15) is 11.1 Å². The summed E-state index contributed by atoms with van der Waals surface area (Å²) >= 11 is 3.73. The summed E-state index contributed by atoms with van der Waals surface area (Å²) in [6.45, 7) is 4.19. The van der Waals surface area contributed by atoms with Crippen LogP contribution in [-0.2, 0) is 7.05 Å². The van der Waals surface area contributed by atoms with E-state index in [1.165, 1.54) is 16.7 Å². The molecule has 0 saturated heterocycles. The highest BCUT2D eigenvalue weighted by Crippen LogP contribution is 2.36. The molecule has 0 fully saturated rings. The third kappa shape index (κ3) is 2.66. The van der Waals surface area contributed by atoms with E-state index in [0.29, 0.717) is 0 Å². The Morgan fingerprint density at radius 1 is 0.810 bits per heavy atom. The first-order valence-electron chi connectivity index (χ1n) is 6.93. The van der Waals surface area contributed by atoms with Crippen molar-refractivity contribution in [3.63, 3.8) is 0 Å². The molecule has 3 heteroatoms. The van der Waals surface area contributed by atoms with Gasteiger partial charge in [-0.15, -0.1) is 0 Å². The molecule has 0 aliphatic carbocycles. The van der Waals surface area contributed by atoms with Gasteiger partial charge in [0.25, 0.3) is 0 Å². The van der Waals surface area contributed by atoms with Gasteiger partial charge in [0.2, 0.25) is 0 Å². The molecule has 0 aliphatic rings. The van der Waals surface area contributed by atoms with E-state index in [1.807, 2.05) is 11.7 Å². The molecular formula is C18H17BrN2. The van der Waals surface area contributed by atoms with E-state index >= 15 is 0 Å². The maximum Gasteiger partial charge on any atom is 0.107 e. The molecule has 1 aromatic heterocycles. The summed E-state index contributed by atoms with van der Waals surface area (Å²) in [5.41, 5.74) is 6.89. The zero-order chi connectivity index (χ0) is 15.0. The Bertz CT molecular complexity index is 768. The van der Waals surface area contributed by atoms with Gasteiger partial charge in [0.15, 0.2) is 0 Å². The third-order valence-corrected chi connectivity index (χ3v) is 4.39. The van der Waals surface area contributed by atoms with Crippen LogP contribution < -0.4 is 0 Å². The third-order valence-electron chi connectivity index (χ3n) is 3.64. The summed E-state index contributed by atoms with van der Waals surface area (Å²) in [5.74, 6) is 0. The second-order valence-corrected chi connectivity index (χ2v) is 6.16. The Kier molecular flexibility index (Phi) is 3.68. The average molecular weight is 341 g/mol. The van der Waals surface area contributed by atoms with Crippen LogP contribution in [0.15, 0.2) is 53.0 Å². The van der Waals surface area contributed by atoms with Crippen LogP contribution in [0.2, 0.25) is 0 Å². The molecule has 0 N–H and O–H groups in total. The Balaban J connectivity index is 2.12. The van der Waals surface area contributed by atoms with Crippen molar-refractivity contribution in [2.24, 2.45) is 7.05 Å². The predicted molar refractivity (Wildman–Crippen MR) is 91.3 cm³/mol. The highest BCUT2D eigenvalue weighted by molar-refractivity contribution is 9.10. The second-order valence-electron chi connectivity index (χ2n) is 5.37. The van der Waals surface area contributed by atoms with E-state index in [9.17, 15) is 0 Å². The number of aryl methyl sites for hydroxylation is 3. The Morgan fingerprint density at radius 3 is 1.81 bits per heavy atom. The lowest BCUT2D eigenvalue weighted by molar-refractivity contribution is 0.779. The van der Waals surface area contributed by atoms with Crippen LogP contribution in [-0.4, -0.2) is 9.78 Å². The molecule has 2 aromatic carbocycles. The van der Waals surface area contributed by atoms with Crippen molar-refractivity contribution in [2.75, 3.05) is 0 Å². The Morgan fingerprint density at radius 2 is 1.29 bits per heavy atom. The first kappa shape index (κ1) is 14.1. The number of benzene rings is 2. The molecular weight excluding hydrogens is 324 g/mol. The molecule has 0 bridgehead atoms. The summed E-state index contributed by atoms with van der Waals surface area (Å²) in [5, 5.41) is 4.68. The van der Waals surface area contributed by atoms with E-state index in [-0.39, 0.29) is 0 Å². The van der Waals surface area contributed by atoms with Gasteiger partial charge in [-0.25, -0.2) is 0 Å². The molecule has 0 unspecified atom stereocenters. The molecule has 106 valence electrons. The van der Waals surface area contributed by atoms with Crippen molar-refractivity contribution < 1.29 is 0 Å². The number of rotatable bonds is 2. The highest BCUT2D eigenvalue weighted by Gasteiger charge is 2.16. The van der Waals surface area contributed by atoms with Crippen LogP contribution >= 0.6 is 15.9 Å². The molecule has 0 atom stereocenters. The number of hydrogen-bond acceptors (Lipinski definition) is 1. The SMILES string of the molecule is Cc1ccc(-c2nn(C)c(-c3ccc(C)cc3)c2Br)cc1. The van der Waals surface area contributed by atoms with Crippen molar-refractivity contribution in [1.82, 2.24) is 9.78 Å². The smallest absolute Gasteiger partial charge is 0.107 e. The summed E-state index contributed by atoms with van der Waals surface area (Å²) in [6.07, 6.45) is 0. The quantitative estimate of drug-likeness (QED) is 0.632. The minimum absolute atomic E-state index is 0.980. The Labute approximate surface area is 133 Å². The lowest BCUT2D eigenvalue weighted by Crippen LogP contribution is -1.94. The van der Waals surface area contributed by atoms with Gasteiger partial charge < -0.3 is 0 Å². The molecule has 0 radical (unpaired) electrons. The number of hydrogen-bond donors (Lipinski definition) is 0. The van der Waals surface area contributed by atoms with Gasteiger partial charge in [0.05, 0.1) is 10.2 Å². The van der Waals surface area contributed by atoms with Crippen molar-refractivity contribution in [3.05, 3.63) is 64.1 Å². The lowest BCUT2D eigenvalue weighted by atomic mass is 10.1. The summed E-state index contributed by atoms with van der Waals surface area (Å²) in [4.78, 5) is 0. The predicted octanol–water partition coefficient (Wildman–Crippen LogP) is 5.13. The first-order chi connectivity index (χ1) is 10.1. The number of aromatic nitrogens is 2. The van der Waals surface area contributed by atoms with Crippen LogP contribution in [0.4, 0.5) is 0 Å². The van der Waals surface area contributed by atoms with Crippen molar-refractivity contribution in [2.45, 2.75) is 13.8 Å². The Hall–Kier alpha value is -1.87. The fourth-order valence-corrected chi connectivity index (χ4v) is 3.21. The summed E-state index contributed by atoms with van der Waals surface area (Å²) in [6, 6.07) is 17.0. The largest absolute Gasteiger partial charge is 0.266 e. The van der Waals surface area contributed by atoms with Crippen LogP contribution in [0.3, 0.4) is 0 Å². The van der Waals surface area contributed by atoms with Crippen molar-refractivity contribution in [1.29, 1.82) is 0 Å². The van der Waals surface area contributed by atoms with Gasteiger partial charge in [0.1, 0.15) is 5.69 Å². The molecule has 0 aliphatic heterocycles. The van der Waals surface area contributed by atoms with E-state index in [1.54, 1.807) is 0 Å². The van der Waals surface area contributed by atoms with Gasteiger partial charge in [0, 0.05) is 18.2 Å². The van der Waals surface area contributed by atoms with E-state index in [4.69, 9.17) is 0 Å². The standard InChI is InChI=1S/C18H17BrN2/c1-12-4-8-14(9-5-12)17-16(19)18(21(3)20-17)15-10-6-13(2)7-11-15/h4-11H,1-3H3. The summed E-state index contributed by atoms with van der Waals surface area (Å²) in [7, 11) is 1.98. The maximum absolute atomic E-state index is 4.68. The molecule has 1 heterocycles. The van der Waals surface area contributed by atoms with Gasteiger partial charge in [-0.3, -0.25) is 4.68 Å². The van der Waals surface area contributed by atoms with Gasteiger partial charge in [-0.05, 0) is 29.8 Å². The van der Waals surface area contributed by atoms with Gasteiger partial charge >= 0.3 is 0 Å². The average Bonchev–Trinajstić information content (AvgIpc) is 2.76. The molecule has 21 heavy (non-hydrogen) atoms. The number of halogens is 1. The minimum Gasteiger partial charge on any atom is -0.266 e. The molecule has 3 aromatic rings. The van der Waals surface area contributed by atoms with Crippen molar-refractivity contribution in [3.8, 4) is 22.5 Å². The molecule has 3 rings (SSSR count). The van der Waals surface area contributed by atoms with E-state index in [2.05, 4.69) is 83.4 Å². The van der Waals surface area contributed by atoms with E-state index in [0.717, 1.165) is 21.4 Å². The summed E-state index contributed by atoms with van der Waals surface area (Å²) < 4.78 is 2.97. The van der Waals surface area contributed by atoms with Crippen LogP contribution in [0.5, 0.6) is 0 Å². The zero-order valence-corrected chi connectivity index (χ0v) is 14.0. The fraction of sp³-hybridized carbons (Fsp3) is 0.167. The molecule has 2 nitrogen and oxygen atoms in total. The van der Waals surface area contributed by atoms with Crippen LogP contribution in [0.25, 0.3) is 22.5 Å². The molecule has 0 amide bonds. The minimum atomic E-state index is 0.980. The van der Waals surface area contributed by atoms with Crippen LogP contribution in [0, 0.1) is 13.8 Å². The lowest BCUT2D eigenvalue weighted by Gasteiger charge is -2.03. The zero-order valence-electron chi connectivity index (χ0n) is 12.4. The van der Waals surface area contributed by atoms with Gasteiger partial charge in [-0.1, -0.05) is 59.7 Å². The molecule has 0 saturated carbocycles. The van der Waals surface area contributed by atoms with Crippen molar-refractivity contribution >= 4 is 15.9 Å². The maximum atomic E-state index is 4.68. The number of nitrogens with zero attached hydrogens (tertiary/aromatic N) is 2.